The van der Waals surface area contributed by atoms with Gasteiger partial charge in [0.2, 0.25) is 0 Å². The summed E-state index contributed by atoms with van der Waals surface area (Å²) in [6.45, 7) is 10.3. The largest absolute Gasteiger partial charge is 0.497 e. The van der Waals surface area contributed by atoms with Crippen molar-refractivity contribution < 1.29 is 9.47 Å². The summed E-state index contributed by atoms with van der Waals surface area (Å²) in [5.41, 5.74) is 2.37. The highest BCUT2D eigenvalue weighted by Gasteiger charge is 2.25. The Hall–Kier alpha value is -1.52. The highest BCUT2D eigenvalue weighted by Crippen LogP contribution is 2.36. The first kappa shape index (κ1) is 15.9. The van der Waals surface area contributed by atoms with Gasteiger partial charge in [0.1, 0.15) is 11.5 Å². The second kappa shape index (κ2) is 7.48. The van der Waals surface area contributed by atoms with Crippen LogP contribution in [0.15, 0.2) is 30.4 Å². The Kier molecular flexibility index (Phi) is 5.65. The fraction of sp³-hybridized carbons (Fsp3) is 0.529. The minimum absolute atomic E-state index is 0.287. The first-order valence-corrected chi connectivity index (χ1v) is 7.46. The molecular weight excluding hydrogens is 264 g/mol. The molecule has 4 heteroatoms. The second-order valence-electron chi connectivity index (χ2n) is 5.57. The van der Waals surface area contributed by atoms with Crippen LogP contribution in [0, 0.1) is 0 Å². The van der Waals surface area contributed by atoms with Gasteiger partial charge in [-0.15, -0.1) is 6.58 Å². The van der Waals surface area contributed by atoms with Crippen LogP contribution in [-0.4, -0.2) is 45.3 Å². The summed E-state index contributed by atoms with van der Waals surface area (Å²) in [5, 5.41) is 3.41. The summed E-state index contributed by atoms with van der Waals surface area (Å²) in [5.74, 6) is 1.79. The summed E-state index contributed by atoms with van der Waals surface area (Å²) in [4.78, 5) is 2.50. The minimum Gasteiger partial charge on any atom is -0.497 e. The Morgan fingerprint density at radius 1 is 1.29 bits per heavy atom. The molecule has 21 heavy (non-hydrogen) atoms. The minimum atomic E-state index is 0.287. The summed E-state index contributed by atoms with van der Waals surface area (Å²) < 4.78 is 11.0. The zero-order valence-electron chi connectivity index (χ0n) is 13.3. The lowest BCUT2D eigenvalue weighted by Crippen LogP contribution is -2.45. The van der Waals surface area contributed by atoms with E-state index in [4.69, 9.17) is 9.47 Å². The highest BCUT2D eigenvalue weighted by molar-refractivity contribution is 5.42. The molecule has 0 aromatic heterocycles. The van der Waals surface area contributed by atoms with Gasteiger partial charge in [-0.3, -0.25) is 4.90 Å². The number of rotatable bonds is 6. The van der Waals surface area contributed by atoms with E-state index >= 15 is 0 Å². The summed E-state index contributed by atoms with van der Waals surface area (Å²) >= 11 is 0. The average Bonchev–Trinajstić information content (AvgIpc) is 2.52. The standard InChI is InChI=1S/C17H26N2O2/c1-13(2)11-16(19-9-7-18-8-10-19)15-12-14(20-3)5-6-17(15)21-4/h5-6,12,16,18H,1,7-11H2,2-4H3/t16-/m1/s1. The molecule has 0 bridgehead atoms. The van der Waals surface area contributed by atoms with Crippen molar-refractivity contribution in [2.45, 2.75) is 19.4 Å². The number of ether oxygens (including phenoxy) is 2. The van der Waals surface area contributed by atoms with Crippen LogP contribution in [0.1, 0.15) is 24.9 Å². The Labute approximate surface area is 127 Å². The molecule has 0 amide bonds. The first-order chi connectivity index (χ1) is 10.2. The predicted molar refractivity (Wildman–Crippen MR) is 86.2 cm³/mol. The van der Waals surface area contributed by atoms with Crippen molar-refractivity contribution in [1.29, 1.82) is 0 Å². The number of nitrogens with one attached hydrogen (secondary N) is 1. The molecule has 1 aliphatic heterocycles. The van der Waals surface area contributed by atoms with Crippen LogP contribution in [0.4, 0.5) is 0 Å². The number of benzene rings is 1. The lowest BCUT2D eigenvalue weighted by Gasteiger charge is -2.36. The third kappa shape index (κ3) is 3.99. The van der Waals surface area contributed by atoms with Crippen LogP contribution >= 0.6 is 0 Å². The molecule has 1 aliphatic rings. The Morgan fingerprint density at radius 2 is 2.00 bits per heavy atom. The molecule has 1 heterocycles. The smallest absolute Gasteiger partial charge is 0.123 e. The Bertz CT molecular complexity index is 482. The van der Waals surface area contributed by atoms with Gasteiger partial charge in [0.15, 0.2) is 0 Å². The van der Waals surface area contributed by atoms with E-state index in [1.54, 1.807) is 14.2 Å². The maximum atomic E-state index is 5.57. The van der Waals surface area contributed by atoms with Gasteiger partial charge in [-0.05, 0) is 31.5 Å². The van der Waals surface area contributed by atoms with Gasteiger partial charge in [0.05, 0.1) is 14.2 Å². The van der Waals surface area contributed by atoms with Crippen LogP contribution in [0.2, 0.25) is 0 Å². The van der Waals surface area contributed by atoms with E-state index in [2.05, 4.69) is 29.8 Å². The van der Waals surface area contributed by atoms with Gasteiger partial charge >= 0.3 is 0 Å². The molecular formula is C17H26N2O2. The number of hydrogen-bond acceptors (Lipinski definition) is 4. The Balaban J connectivity index is 2.36. The van der Waals surface area contributed by atoms with Gasteiger partial charge < -0.3 is 14.8 Å². The summed E-state index contributed by atoms with van der Waals surface area (Å²) in [6.07, 6.45) is 0.934. The molecule has 1 N–H and O–H groups in total. The summed E-state index contributed by atoms with van der Waals surface area (Å²) in [6, 6.07) is 6.31. The molecule has 1 fully saturated rings. The zero-order chi connectivity index (χ0) is 15.2. The van der Waals surface area contributed by atoms with Crippen molar-refractivity contribution in [3.63, 3.8) is 0 Å². The molecule has 1 atom stereocenters. The van der Waals surface area contributed by atoms with Crippen LogP contribution in [0.25, 0.3) is 0 Å². The Morgan fingerprint density at radius 3 is 2.57 bits per heavy atom. The van der Waals surface area contributed by atoms with E-state index in [-0.39, 0.29) is 6.04 Å². The molecule has 0 spiro atoms. The van der Waals surface area contributed by atoms with Gasteiger partial charge in [-0.1, -0.05) is 5.57 Å². The number of methoxy groups -OCH3 is 2. The van der Waals surface area contributed by atoms with Crippen LogP contribution in [-0.2, 0) is 0 Å². The average molecular weight is 290 g/mol. The van der Waals surface area contributed by atoms with Crippen molar-refractivity contribution in [3.8, 4) is 11.5 Å². The van der Waals surface area contributed by atoms with Crippen molar-refractivity contribution in [2.24, 2.45) is 0 Å². The van der Waals surface area contributed by atoms with Crippen molar-refractivity contribution in [3.05, 3.63) is 35.9 Å². The maximum Gasteiger partial charge on any atom is 0.123 e. The predicted octanol–water partition coefficient (Wildman–Crippen LogP) is 2.62. The third-order valence-electron chi connectivity index (χ3n) is 3.93. The van der Waals surface area contributed by atoms with Crippen molar-refractivity contribution in [1.82, 2.24) is 10.2 Å². The number of hydrogen-bond donors (Lipinski definition) is 1. The zero-order valence-corrected chi connectivity index (χ0v) is 13.3. The van der Waals surface area contributed by atoms with E-state index < -0.39 is 0 Å². The van der Waals surface area contributed by atoms with E-state index in [9.17, 15) is 0 Å². The molecule has 0 aliphatic carbocycles. The SMILES string of the molecule is C=C(C)C[C@H](c1cc(OC)ccc1OC)N1CCNCC1. The van der Waals surface area contributed by atoms with Crippen LogP contribution in [0.5, 0.6) is 11.5 Å². The number of piperazine rings is 1. The van der Waals surface area contributed by atoms with Gasteiger partial charge in [-0.2, -0.15) is 0 Å². The molecule has 4 nitrogen and oxygen atoms in total. The van der Waals surface area contributed by atoms with E-state index in [1.807, 2.05) is 12.1 Å². The van der Waals surface area contributed by atoms with Crippen LogP contribution < -0.4 is 14.8 Å². The molecule has 1 aromatic carbocycles. The third-order valence-corrected chi connectivity index (χ3v) is 3.93. The summed E-state index contributed by atoms with van der Waals surface area (Å²) in [7, 11) is 3.42. The second-order valence-corrected chi connectivity index (χ2v) is 5.57. The van der Waals surface area contributed by atoms with E-state index in [1.165, 1.54) is 11.1 Å². The van der Waals surface area contributed by atoms with E-state index in [0.717, 1.165) is 44.1 Å². The molecule has 1 saturated heterocycles. The molecule has 0 saturated carbocycles. The van der Waals surface area contributed by atoms with Crippen molar-refractivity contribution >= 4 is 0 Å². The molecule has 0 radical (unpaired) electrons. The van der Waals surface area contributed by atoms with Gasteiger partial charge in [0, 0.05) is 37.8 Å². The van der Waals surface area contributed by atoms with Crippen molar-refractivity contribution in [2.75, 3.05) is 40.4 Å². The molecule has 1 aromatic rings. The fourth-order valence-corrected chi connectivity index (χ4v) is 2.86. The highest BCUT2D eigenvalue weighted by atomic mass is 16.5. The molecule has 116 valence electrons. The normalized spacial score (nSPS) is 17.3. The quantitative estimate of drug-likeness (QED) is 0.817. The van der Waals surface area contributed by atoms with Gasteiger partial charge in [0.25, 0.3) is 0 Å². The van der Waals surface area contributed by atoms with Crippen LogP contribution in [0.3, 0.4) is 0 Å². The maximum absolute atomic E-state index is 5.57. The lowest BCUT2D eigenvalue weighted by atomic mass is 9.96. The molecule has 2 rings (SSSR count). The van der Waals surface area contributed by atoms with E-state index in [0.29, 0.717) is 0 Å². The fourth-order valence-electron chi connectivity index (χ4n) is 2.86. The molecule has 0 unspecified atom stereocenters. The van der Waals surface area contributed by atoms with Gasteiger partial charge in [-0.25, -0.2) is 0 Å². The lowest BCUT2D eigenvalue weighted by molar-refractivity contribution is 0.169. The monoisotopic (exact) mass is 290 g/mol. The topological polar surface area (TPSA) is 33.7 Å². The number of nitrogens with zero attached hydrogens (tertiary/aromatic N) is 1. The first-order valence-electron chi connectivity index (χ1n) is 7.46.